The van der Waals surface area contributed by atoms with E-state index in [1.807, 2.05) is 37.3 Å². The third kappa shape index (κ3) is 8.21. The molecule has 0 atom stereocenters. The Balaban J connectivity index is 1.34. The van der Waals surface area contributed by atoms with Crippen molar-refractivity contribution in [2.24, 2.45) is 0 Å². The van der Waals surface area contributed by atoms with E-state index in [4.69, 9.17) is 21.7 Å². The first-order valence-corrected chi connectivity index (χ1v) is 12.3. The molecule has 4 N–H and O–H groups in total. The van der Waals surface area contributed by atoms with Crippen LogP contribution in [0.3, 0.4) is 0 Å². The van der Waals surface area contributed by atoms with Crippen molar-refractivity contribution < 1.29 is 23.9 Å². The van der Waals surface area contributed by atoms with Crippen LogP contribution in [0.25, 0.3) is 10.8 Å². The van der Waals surface area contributed by atoms with Gasteiger partial charge in [0.25, 0.3) is 5.91 Å². The minimum Gasteiger partial charge on any atom is -0.494 e. The van der Waals surface area contributed by atoms with Gasteiger partial charge in [0.05, 0.1) is 11.1 Å². The maximum atomic E-state index is 12.1. The highest BCUT2D eigenvalue weighted by Gasteiger charge is 2.11. The third-order valence-electron chi connectivity index (χ3n) is 4.78. The summed E-state index contributed by atoms with van der Waals surface area (Å²) in [5.74, 6) is -0.0693. The lowest BCUT2D eigenvalue weighted by Gasteiger charge is -2.12. The van der Waals surface area contributed by atoms with Gasteiger partial charge in [-0.1, -0.05) is 30.3 Å². The molecule has 0 aliphatic heterocycles. The van der Waals surface area contributed by atoms with Crippen LogP contribution in [-0.2, 0) is 14.4 Å². The second-order valence-corrected chi connectivity index (χ2v) is 8.64. The number of anilines is 1. The molecule has 0 heterocycles. The minimum absolute atomic E-state index is 0.0334. The van der Waals surface area contributed by atoms with Crippen molar-refractivity contribution in [2.75, 3.05) is 18.5 Å². The van der Waals surface area contributed by atoms with Gasteiger partial charge in [-0.05, 0) is 76.2 Å². The zero-order chi connectivity index (χ0) is 25.9. The van der Waals surface area contributed by atoms with Crippen molar-refractivity contribution in [3.05, 3.63) is 65.1 Å². The molecule has 188 valence electrons. The molecule has 0 aliphatic carbocycles. The van der Waals surface area contributed by atoms with Gasteiger partial charge in [0.15, 0.2) is 11.7 Å². The Hall–Kier alpha value is -3.70. The molecule has 0 saturated heterocycles. The average Bonchev–Trinajstić information content (AvgIpc) is 2.87. The summed E-state index contributed by atoms with van der Waals surface area (Å²) in [7, 11) is 0. The van der Waals surface area contributed by atoms with Crippen LogP contribution >= 0.6 is 28.1 Å². The molecule has 3 aromatic carbocycles. The Bertz CT molecular complexity index is 1250. The van der Waals surface area contributed by atoms with Crippen molar-refractivity contribution >= 4 is 67.4 Å². The number of rotatable bonds is 9. The van der Waals surface area contributed by atoms with E-state index in [1.165, 1.54) is 0 Å². The number of ether oxygens (including phenoxy) is 2. The Morgan fingerprint density at radius 2 is 1.58 bits per heavy atom. The molecular formula is C25H25BrN4O5S. The highest BCUT2D eigenvalue weighted by atomic mass is 79.9. The molecule has 0 aromatic heterocycles. The number of fused-ring (bicyclic) bond motifs is 1. The van der Waals surface area contributed by atoms with Crippen LogP contribution in [0.4, 0.5) is 5.69 Å². The largest absolute Gasteiger partial charge is 0.494 e. The second-order valence-electron chi connectivity index (χ2n) is 7.44. The Morgan fingerprint density at radius 3 is 2.33 bits per heavy atom. The molecule has 0 spiro atoms. The van der Waals surface area contributed by atoms with Gasteiger partial charge >= 0.3 is 0 Å². The summed E-state index contributed by atoms with van der Waals surface area (Å²) >= 11 is 8.51. The first-order valence-electron chi connectivity index (χ1n) is 11.1. The van der Waals surface area contributed by atoms with E-state index in [-0.39, 0.29) is 30.5 Å². The molecule has 0 saturated carbocycles. The van der Waals surface area contributed by atoms with E-state index < -0.39 is 11.8 Å². The summed E-state index contributed by atoms with van der Waals surface area (Å²) < 4.78 is 11.7. The summed E-state index contributed by atoms with van der Waals surface area (Å²) in [5, 5.41) is 7.01. The normalized spacial score (nSPS) is 10.3. The van der Waals surface area contributed by atoms with Crippen molar-refractivity contribution in [2.45, 2.75) is 19.8 Å². The summed E-state index contributed by atoms with van der Waals surface area (Å²) in [4.78, 5) is 36.2. The number of hydrazine groups is 1. The van der Waals surface area contributed by atoms with Gasteiger partial charge in [-0.15, -0.1) is 0 Å². The van der Waals surface area contributed by atoms with Crippen molar-refractivity contribution in [1.82, 2.24) is 16.2 Å². The molecule has 0 radical (unpaired) electrons. The van der Waals surface area contributed by atoms with Gasteiger partial charge in [0.2, 0.25) is 11.8 Å². The zero-order valence-electron chi connectivity index (χ0n) is 19.4. The van der Waals surface area contributed by atoms with Crippen molar-refractivity contribution in [1.29, 1.82) is 0 Å². The molecule has 11 heteroatoms. The van der Waals surface area contributed by atoms with E-state index in [0.29, 0.717) is 23.8 Å². The van der Waals surface area contributed by atoms with Crippen LogP contribution in [0.2, 0.25) is 0 Å². The number of nitrogens with one attached hydrogen (secondary N) is 4. The number of benzene rings is 3. The average molecular weight is 573 g/mol. The molecule has 0 bridgehead atoms. The molecule has 3 rings (SSSR count). The number of thiocarbonyl (C=S) groups is 1. The highest BCUT2D eigenvalue weighted by molar-refractivity contribution is 9.10. The standard InChI is InChI=1S/C25H25BrN4O5S/c1-2-34-18-10-8-17(9-11-18)27-21(31)13-14-22(32)29-30-25(36)28-23(33)15-35-20-12-7-16-5-3-4-6-19(16)24(20)26/h3-12H,2,13-15H2,1H3,(H,27,31)(H,29,32)(H2,28,30,33,36). The van der Waals surface area contributed by atoms with Crippen LogP contribution in [0.1, 0.15) is 19.8 Å². The fraction of sp³-hybridized carbons (Fsp3) is 0.200. The molecule has 3 amide bonds. The van der Waals surface area contributed by atoms with E-state index in [2.05, 4.69) is 37.4 Å². The number of hydrogen-bond donors (Lipinski definition) is 4. The Labute approximate surface area is 222 Å². The minimum atomic E-state index is -0.503. The zero-order valence-corrected chi connectivity index (χ0v) is 21.8. The topological polar surface area (TPSA) is 118 Å². The highest BCUT2D eigenvalue weighted by Crippen LogP contribution is 2.32. The monoisotopic (exact) mass is 572 g/mol. The number of carbonyl (C=O) groups excluding carboxylic acids is 3. The Kier molecular flexibility index (Phi) is 10.0. The van der Waals surface area contributed by atoms with E-state index in [0.717, 1.165) is 15.2 Å². The predicted octanol–water partition coefficient (Wildman–Crippen LogP) is 3.82. The molecule has 36 heavy (non-hydrogen) atoms. The molecule has 0 unspecified atom stereocenters. The second kappa shape index (κ2) is 13.4. The first kappa shape index (κ1) is 26.9. The van der Waals surface area contributed by atoms with Crippen LogP contribution in [0.15, 0.2) is 65.1 Å². The quantitative estimate of drug-likeness (QED) is 0.227. The summed E-state index contributed by atoms with van der Waals surface area (Å²) in [6.45, 7) is 2.16. The van der Waals surface area contributed by atoms with Gasteiger partial charge in [-0.2, -0.15) is 0 Å². The van der Waals surface area contributed by atoms with Crippen LogP contribution in [0, 0.1) is 0 Å². The molecule has 9 nitrogen and oxygen atoms in total. The van der Waals surface area contributed by atoms with Crippen molar-refractivity contribution in [3.8, 4) is 11.5 Å². The van der Waals surface area contributed by atoms with Crippen LogP contribution in [0.5, 0.6) is 11.5 Å². The maximum absolute atomic E-state index is 12.1. The summed E-state index contributed by atoms with van der Waals surface area (Å²) in [5.41, 5.74) is 5.37. The fourth-order valence-corrected chi connectivity index (χ4v) is 3.88. The Morgan fingerprint density at radius 1 is 0.861 bits per heavy atom. The number of halogens is 1. The van der Waals surface area contributed by atoms with Gasteiger partial charge in [0, 0.05) is 18.5 Å². The molecule has 0 fully saturated rings. The van der Waals surface area contributed by atoms with Gasteiger partial charge < -0.3 is 14.8 Å². The number of amides is 3. The van der Waals surface area contributed by atoms with E-state index in [9.17, 15) is 14.4 Å². The maximum Gasteiger partial charge on any atom is 0.264 e. The molecule has 3 aromatic rings. The molecule has 0 aliphatic rings. The molecular weight excluding hydrogens is 548 g/mol. The van der Waals surface area contributed by atoms with E-state index in [1.54, 1.807) is 30.3 Å². The van der Waals surface area contributed by atoms with Crippen LogP contribution in [-0.4, -0.2) is 36.0 Å². The SMILES string of the molecule is CCOc1ccc(NC(=O)CCC(=O)NNC(=S)NC(=O)COc2ccc3ccccc3c2Br)cc1. The third-order valence-corrected chi connectivity index (χ3v) is 5.81. The van der Waals surface area contributed by atoms with Gasteiger partial charge in [-0.25, -0.2) is 0 Å². The smallest absolute Gasteiger partial charge is 0.264 e. The lowest BCUT2D eigenvalue weighted by Crippen LogP contribution is -2.49. The fourth-order valence-electron chi connectivity index (χ4n) is 3.10. The van der Waals surface area contributed by atoms with E-state index >= 15 is 0 Å². The lowest BCUT2D eigenvalue weighted by molar-refractivity contribution is -0.125. The van der Waals surface area contributed by atoms with Crippen molar-refractivity contribution in [3.63, 3.8) is 0 Å². The summed E-state index contributed by atoms with van der Waals surface area (Å²) in [6.07, 6.45) is -0.111. The number of carbonyl (C=O) groups is 3. The first-order chi connectivity index (χ1) is 17.4. The lowest BCUT2D eigenvalue weighted by atomic mass is 10.1. The summed E-state index contributed by atoms with van der Waals surface area (Å²) in [6, 6.07) is 18.4. The van der Waals surface area contributed by atoms with Gasteiger partial charge in [0.1, 0.15) is 11.5 Å². The number of hydrogen-bond acceptors (Lipinski definition) is 6. The predicted molar refractivity (Wildman–Crippen MR) is 145 cm³/mol. The van der Waals surface area contributed by atoms with Crippen LogP contribution < -0.4 is 31.0 Å². The van der Waals surface area contributed by atoms with Gasteiger partial charge in [-0.3, -0.25) is 30.6 Å².